The van der Waals surface area contributed by atoms with E-state index in [4.69, 9.17) is 20.8 Å². The molecule has 0 aliphatic heterocycles. The van der Waals surface area contributed by atoms with Crippen molar-refractivity contribution < 1.29 is 9.15 Å². The normalized spacial score (nSPS) is 21.8. The third-order valence-corrected chi connectivity index (χ3v) is 5.03. The van der Waals surface area contributed by atoms with Gasteiger partial charge in [0.05, 0.1) is 12.1 Å². The number of rotatable bonds is 6. The lowest BCUT2D eigenvalue weighted by Crippen LogP contribution is -2.29. The Bertz CT molecular complexity index is 689. The fraction of sp³-hybridized carbons (Fsp3) is 0.556. The number of aromatic nitrogens is 2. The lowest BCUT2D eigenvalue weighted by molar-refractivity contribution is 0.400. The van der Waals surface area contributed by atoms with Gasteiger partial charge in [0.25, 0.3) is 0 Å². The number of nitrogens with zero attached hydrogens (tertiary/aromatic N) is 2. The molecular weight excluding hydrogens is 326 g/mol. The van der Waals surface area contributed by atoms with Gasteiger partial charge in [0.15, 0.2) is 0 Å². The number of aryl methyl sites for hydroxylation is 1. The Morgan fingerprint density at radius 1 is 1.38 bits per heavy atom. The van der Waals surface area contributed by atoms with Crippen molar-refractivity contribution in [2.24, 2.45) is 5.92 Å². The third-order valence-electron chi connectivity index (χ3n) is 4.73. The third kappa shape index (κ3) is 4.08. The maximum Gasteiger partial charge on any atom is 0.216 e. The van der Waals surface area contributed by atoms with Crippen LogP contribution in [0.4, 0.5) is 0 Å². The molecule has 3 rings (SSSR count). The molecule has 24 heavy (non-hydrogen) atoms. The first kappa shape index (κ1) is 17.2. The van der Waals surface area contributed by atoms with Gasteiger partial charge in [0, 0.05) is 25.4 Å². The average Bonchev–Trinajstić information content (AvgIpc) is 3.16. The predicted molar refractivity (Wildman–Crippen MR) is 93.4 cm³/mol. The standard InChI is InChI=1S/C18H24ClN3O2/c1-11(14-5-7-17(23-3)16(19)10-14)20-15-6-4-13(8-15)9-18-22-21-12(2)24-18/h5,7,10-11,13,15,20H,4,6,8-9H2,1-3H3/t11?,13-,15+/m1/s1. The van der Waals surface area contributed by atoms with E-state index < -0.39 is 0 Å². The van der Waals surface area contributed by atoms with Gasteiger partial charge in [-0.2, -0.15) is 0 Å². The Balaban J connectivity index is 1.54. The molecule has 1 fully saturated rings. The molecule has 1 aliphatic carbocycles. The number of benzene rings is 1. The summed E-state index contributed by atoms with van der Waals surface area (Å²) in [5.74, 6) is 2.72. The Hall–Kier alpha value is -1.59. The van der Waals surface area contributed by atoms with E-state index in [1.165, 1.54) is 18.4 Å². The highest BCUT2D eigenvalue weighted by molar-refractivity contribution is 6.32. The van der Waals surface area contributed by atoms with E-state index in [2.05, 4.69) is 28.5 Å². The van der Waals surface area contributed by atoms with Crippen LogP contribution in [-0.2, 0) is 6.42 Å². The van der Waals surface area contributed by atoms with Gasteiger partial charge in [0.1, 0.15) is 5.75 Å². The largest absolute Gasteiger partial charge is 0.495 e. The van der Waals surface area contributed by atoms with Crippen molar-refractivity contribution >= 4 is 11.6 Å². The van der Waals surface area contributed by atoms with E-state index in [0.29, 0.717) is 28.6 Å². The van der Waals surface area contributed by atoms with E-state index in [1.807, 2.05) is 19.1 Å². The van der Waals surface area contributed by atoms with E-state index >= 15 is 0 Å². The summed E-state index contributed by atoms with van der Waals surface area (Å²) in [6, 6.07) is 6.73. The van der Waals surface area contributed by atoms with Gasteiger partial charge in [-0.3, -0.25) is 0 Å². The molecule has 0 saturated heterocycles. The summed E-state index contributed by atoms with van der Waals surface area (Å²) in [6.07, 6.45) is 4.37. The van der Waals surface area contributed by atoms with Crippen molar-refractivity contribution in [3.05, 3.63) is 40.6 Å². The summed E-state index contributed by atoms with van der Waals surface area (Å²) in [7, 11) is 1.63. The minimum atomic E-state index is 0.253. The van der Waals surface area contributed by atoms with Crippen LogP contribution in [0.1, 0.15) is 49.6 Å². The number of halogens is 1. The average molecular weight is 350 g/mol. The Kier molecular flexibility index (Phi) is 5.41. The number of methoxy groups -OCH3 is 1. The van der Waals surface area contributed by atoms with Crippen LogP contribution in [0.2, 0.25) is 5.02 Å². The molecule has 1 aliphatic rings. The van der Waals surface area contributed by atoms with Crippen molar-refractivity contribution in [2.75, 3.05) is 7.11 Å². The van der Waals surface area contributed by atoms with Gasteiger partial charge < -0.3 is 14.5 Å². The number of ether oxygens (including phenoxy) is 1. The van der Waals surface area contributed by atoms with Crippen LogP contribution in [0.15, 0.2) is 22.6 Å². The molecule has 0 amide bonds. The molecular formula is C18H24ClN3O2. The van der Waals surface area contributed by atoms with Crippen LogP contribution in [0.3, 0.4) is 0 Å². The predicted octanol–water partition coefficient (Wildman–Crippen LogP) is 4.10. The second-order valence-corrected chi connectivity index (χ2v) is 6.98. The molecule has 0 spiro atoms. The van der Waals surface area contributed by atoms with Crippen molar-refractivity contribution in [3.8, 4) is 5.75 Å². The zero-order valence-corrected chi connectivity index (χ0v) is 15.1. The second kappa shape index (κ2) is 7.53. The summed E-state index contributed by atoms with van der Waals surface area (Å²) in [4.78, 5) is 0. The highest BCUT2D eigenvalue weighted by Crippen LogP contribution is 2.31. The second-order valence-electron chi connectivity index (χ2n) is 6.58. The van der Waals surface area contributed by atoms with E-state index in [1.54, 1.807) is 7.11 Å². The highest BCUT2D eigenvalue weighted by Gasteiger charge is 2.27. The number of hydrogen-bond donors (Lipinski definition) is 1. The molecule has 1 aromatic heterocycles. The van der Waals surface area contributed by atoms with Crippen molar-refractivity contribution in [3.63, 3.8) is 0 Å². The number of nitrogens with one attached hydrogen (secondary N) is 1. The van der Waals surface area contributed by atoms with Gasteiger partial charge in [-0.1, -0.05) is 17.7 Å². The lowest BCUT2D eigenvalue weighted by atomic mass is 10.0. The van der Waals surface area contributed by atoms with Gasteiger partial charge in [-0.25, -0.2) is 0 Å². The van der Waals surface area contributed by atoms with Crippen LogP contribution < -0.4 is 10.1 Å². The van der Waals surface area contributed by atoms with E-state index in [0.717, 1.165) is 18.7 Å². The van der Waals surface area contributed by atoms with E-state index in [-0.39, 0.29) is 6.04 Å². The molecule has 3 atom stereocenters. The first-order valence-electron chi connectivity index (χ1n) is 8.43. The zero-order chi connectivity index (χ0) is 17.1. The molecule has 1 heterocycles. The Morgan fingerprint density at radius 2 is 2.21 bits per heavy atom. The molecule has 0 bridgehead atoms. The van der Waals surface area contributed by atoms with Gasteiger partial charge in [0.2, 0.25) is 11.8 Å². The summed E-state index contributed by atoms with van der Waals surface area (Å²) < 4.78 is 10.7. The maximum atomic E-state index is 6.23. The topological polar surface area (TPSA) is 60.2 Å². The first-order chi connectivity index (χ1) is 11.5. The highest BCUT2D eigenvalue weighted by atomic mass is 35.5. The molecule has 1 N–H and O–H groups in total. The fourth-order valence-corrected chi connectivity index (χ4v) is 3.75. The molecule has 0 radical (unpaired) electrons. The van der Waals surface area contributed by atoms with Gasteiger partial charge in [-0.05, 0) is 49.8 Å². The molecule has 1 saturated carbocycles. The summed E-state index contributed by atoms with van der Waals surface area (Å²) in [6.45, 7) is 4.00. The smallest absolute Gasteiger partial charge is 0.216 e. The van der Waals surface area contributed by atoms with Crippen LogP contribution in [0, 0.1) is 12.8 Å². The summed E-state index contributed by atoms with van der Waals surface area (Å²) >= 11 is 6.23. The molecule has 1 aromatic carbocycles. The minimum Gasteiger partial charge on any atom is -0.495 e. The summed E-state index contributed by atoms with van der Waals surface area (Å²) in [5, 5.41) is 12.4. The maximum absolute atomic E-state index is 6.23. The van der Waals surface area contributed by atoms with Crippen LogP contribution in [0.5, 0.6) is 5.75 Å². The SMILES string of the molecule is COc1ccc(C(C)N[C@H]2CC[C@@H](Cc3nnc(C)o3)C2)cc1Cl. The van der Waals surface area contributed by atoms with Gasteiger partial charge >= 0.3 is 0 Å². The van der Waals surface area contributed by atoms with Crippen molar-refractivity contribution in [2.45, 2.75) is 51.6 Å². The van der Waals surface area contributed by atoms with Crippen LogP contribution >= 0.6 is 11.6 Å². The minimum absolute atomic E-state index is 0.253. The van der Waals surface area contributed by atoms with Crippen molar-refractivity contribution in [1.82, 2.24) is 15.5 Å². The van der Waals surface area contributed by atoms with Crippen molar-refractivity contribution in [1.29, 1.82) is 0 Å². The molecule has 6 heteroatoms. The molecule has 130 valence electrons. The molecule has 5 nitrogen and oxygen atoms in total. The Morgan fingerprint density at radius 3 is 2.88 bits per heavy atom. The van der Waals surface area contributed by atoms with Gasteiger partial charge in [-0.15, -0.1) is 10.2 Å². The lowest BCUT2D eigenvalue weighted by Gasteiger charge is -2.20. The molecule has 2 aromatic rings. The van der Waals surface area contributed by atoms with Crippen LogP contribution in [0.25, 0.3) is 0 Å². The quantitative estimate of drug-likeness (QED) is 0.850. The van der Waals surface area contributed by atoms with Crippen LogP contribution in [-0.4, -0.2) is 23.3 Å². The first-order valence-corrected chi connectivity index (χ1v) is 8.81. The summed E-state index contributed by atoms with van der Waals surface area (Å²) in [5.41, 5.74) is 1.18. The number of hydrogen-bond acceptors (Lipinski definition) is 5. The fourth-order valence-electron chi connectivity index (χ4n) is 3.48. The monoisotopic (exact) mass is 349 g/mol. The molecule has 1 unspecified atom stereocenters. The van der Waals surface area contributed by atoms with E-state index in [9.17, 15) is 0 Å². The zero-order valence-electron chi connectivity index (χ0n) is 14.4. The Labute approximate surface area is 147 Å².